The van der Waals surface area contributed by atoms with Crippen molar-refractivity contribution in [1.82, 2.24) is 4.57 Å². The standard InChI is InChI=1S/C10H15N3S/c1-7-8(6-11)10(12)13(2)9(7)4-5-14-3/h4-5,12H2,1-3H3. The maximum Gasteiger partial charge on any atom is 0.121 e. The van der Waals surface area contributed by atoms with Crippen molar-refractivity contribution in [3.8, 4) is 6.07 Å². The van der Waals surface area contributed by atoms with Gasteiger partial charge in [0.25, 0.3) is 0 Å². The van der Waals surface area contributed by atoms with Gasteiger partial charge in [-0.2, -0.15) is 17.0 Å². The van der Waals surface area contributed by atoms with Gasteiger partial charge in [0.15, 0.2) is 0 Å². The Morgan fingerprint density at radius 3 is 2.64 bits per heavy atom. The van der Waals surface area contributed by atoms with Crippen LogP contribution in [0.2, 0.25) is 0 Å². The zero-order chi connectivity index (χ0) is 10.7. The van der Waals surface area contributed by atoms with Crippen molar-refractivity contribution in [2.75, 3.05) is 17.7 Å². The largest absolute Gasteiger partial charge is 0.384 e. The fraction of sp³-hybridized carbons (Fsp3) is 0.500. The average Bonchev–Trinajstić information content (AvgIpc) is 2.37. The van der Waals surface area contributed by atoms with Crippen molar-refractivity contribution in [2.45, 2.75) is 13.3 Å². The lowest BCUT2D eigenvalue weighted by Gasteiger charge is -2.04. The second-order valence-corrected chi connectivity index (χ2v) is 4.23. The maximum atomic E-state index is 8.91. The summed E-state index contributed by atoms with van der Waals surface area (Å²) in [7, 11) is 1.92. The summed E-state index contributed by atoms with van der Waals surface area (Å²) in [5.41, 5.74) is 8.65. The number of nitrogens with two attached hydrogens (primary N) is 1. The van der Waals surface area contributed by atoms with E-state index < -0.39 is 0 Å². The van der Waals surface area contributed by atoms with Crippen LogP contribution in [-0.4, -0.2) is 16.6 Å². The smallest absolute Gasteiger partial charge is 0.121 e. The predicted octanol–water partition coefficient (Wildman–Crippen LogP) is 1.69. The molecule has 0 aliphatic heterocycles. The van der Waals surface area contributed by atoms with Gasteiger partial charge in [-0.05, 0) is 30.9 Å². The minimum Gasteiger partial charge on any atom is -0.384 e. The molecule has 0 aliphatic carbocycles. The Morgan fingerprint density at radius 2 is 2.21 bits per heavy atom. The SMILES string of the molecule is CSCCc1c(C)c(C#N)c(N)n1C. The Kier molecular flexibility index (Phi) is 3.48. The molecule has 0 spiro atoms. The maximum absolute atomic E-state index is 8.91. The second kappa shape index (κ2) is 4.43. The lowest BCUT2D eigenvalue weighted by molar-refractivity contribution is 0.845. The topological polar surface area (TPSA) is 54.7 Å². The number of nitriles is 1. The summed E-state index contributed by atoms with van der Waals surface area (Å²) in [5, 5.41) is 8.91. The Morgan fingerprint density at radius 1 is 1.57 bits per heavy atom. The van der Waals surface area contributed by atoms with Gasteiger partial charge in [0.05, 0.1) is 5.56 Å². The van der Waals surface area contributed by atoms with E-state index in [1.54, 1.807) is 11.8 Å². The summed E-state index contributed by atoms with van der Waals surface area (Å²) in [4.78, 5) is 0. The van der Waals surface area contributed by atoms with Gasteiger partial charge >= 0.3 is 0 Å². The number of hydrogen-bond donors (Lipinski definition) is 1. The van der Waals surface area contributed by atoms with Crippen LogP contribution < -0.4 is 5.73 Å². The molecule has 4 heteroatoms. The molecule has 2 N–H and O–H groups in total. The third-order valence-electron chi connectivity index (χ3n) is 2.49. The van der Waals surface area contributed by atoms with Crippen LogP contribution in [0.1, 0.15) is 16.8 Å². The van der Waals surface area contributed by atoms with Crippen molar-refractivity contribution in [3.05, 3.63) is 16.8 Å². The highest BCUT2D eigenvalue weighted by atomic mass is 32.2. The first kappa shape index (κ1) is 11.0. The number of thioether (sulfide) groups is 1. The van der Waals surface area contributed by atoms with E-state index >= 15 is 0 Å². The van der Waals surface area contributed by atoms with Gasteiger partial charge < -0.3 is 10.3 Å². The number of anilines is 1. The van der Waals surface area contributed by atoms with Gasteiger partial charge in [-0.15, -0.1) is 0 Å². The Labute approximate surface area is 88.9 Å². The molecule has 1 aromatic rings. The lowest BCUT2D eigenvalue weighted by Crippen LogP contribution is -2.02. The molecule has 14 heavy (non-hydrogen) atoms. The van der Waals surface area contributed by atoms with Crippen LogP contribution >= 0.6 is 11.8 Å². The number of rotatable bonds is 3. The van der Waals surface area contributed by atoms with Crippen LogP contribution in [0.4, 0.5) is 5.82 Å². The van der Waals surface area contributed by atoms with Gasteiger partial charge in [0.2, 0.25) is 0 Å². The minimum atomic E-state index is 0.584. The summed E-state index contributed by atoms with van der Waals surface area (Å²) in [5.74, 6) is 1.64. The van der Waals surface area contributed by atoms with Crippen LogP contribution in [0.25, 0.3) is 0 Å². The highest BCUT2D eigenvalue weighted by Gasteiger charge is 2.14. The molecule has 1 heterocycles. The van der Waals surface area contributed by atoms with Crippen molar-refractivity contribution < 1.29 is 0 Å². The molecule has 0 amide bonds. The zero-order valence-corrected chi connectivity index (χ0v) is 9.61. The first-order chi connectivity index (χ1) is 6.63. The summed E-state index contributed by atoms with van der Waals surface area (Å²) in [6, 6.07) is 2.15. The summed E-state index contributed by atoms with van der Waals surface area (Å²) in [6.45, 7) is 1.96. The Hall–Kier alpha value is -1.08. The molecule has 76 valence electrons. The molecule has 0 bridgehead atoms. The van der Waals surface area contributed by atoms with E-state index in [4.69, 9.17) is 11.0 Å². The third kappa shape index (κ3) is 1.73. The first-order valence-corrected chi connectivity index (χ1v) is 5.85. The van der Waals surface area contributed by atoms with Gasteiger partial charge in [0, 0.05) is 12.7 Å². The molecule has 1 aromatic heterocycles. The third-order valence-corrected chi connectivity index (χ3v) is 3.10. The molecular weight excluding hydrogens is 194 g/mol. The number of hydrogen-bond acceptors (Lipinski definition) is 3. The van der Waals surface area contributed by atoms with Crippen molar-refractivity contribution in [2.24, 2.45) is 7.05 Å². The van der Waals surface area contributed by atoms with Gasteiger partial charge in [0.1, 0.15) is 11.9 Å². The average molecular weight is 209 g/mol. The molecule has 0 atom stereocenters. The van der Waals surface area contributed by atoms with Crippen LogP contribution in [0.15, 0.2) is 0 Å². The number of nitrogens with zero attached hydrogens (tertiary/aromatic N) is 2. The lowest BCUT2D eigenvalue weighted by atomic mass is 10.1. The van der Waals surface area contributed by atoms with Gasteiger partial charge in [-0.3, -0.25) is 0 Å². The van der Waals surface area contributed by atoms with Crippen LogP contribution in [0.5, 0.6) is 0 Å². The molecule has 0 aromatic carbocycles. The van der Waals surface area contributed by atoms with Gasteiger partial charge in [-0.25, -0.2) is 0 Å². The van der Waals surface area contributed by atoms with Crippen LogP contribution in [0.3, 0.4) is 0 Å². The highest BCUT2D eigenvalue weighted by molar-refractivity contribution is 7.98. The molecule has 3 nitrogen and oxygen atoms in total. The normalized spacial score (nSPS) is 10.1. The zero-order valence-electron chi connectivity index (χ0n) is 8.79. The van der Waals surface area contributed by atoms with E-state index in [0.717, 1.165) is 17.7 Å². The highest BCUT2D eigenvalue weighted by Crippen LogP contribution is 2.23. The van der Waals surface area contributed by atoms with Crippen LogP contribution in [0, 0.1) is 18.3 Å². The Bertz CT molecular complexity index is 374. The number of aromatic nitrogens is 1. The monoisotopic (exact) mass is 209 g/mol. The first-order valence-electron chi connectivity index (χ1n) is 4.46. The van der Waals surface area contributed by atoms with Crippen LogP contribution in [-0.2, 0) is 13.5 Å². The fourth-order valence-electron chi connectivity index (χ4n) is 1.60. The van der Waals surface area contributed by atoms with E-state index in [1.165, 1.54) is 5.69 Å². The summed E-state index contributed by atoms with van der Waals surface area (Å²) in [6.07, 6.45) is 3.04. The van der Waals surface area contributed by atoms with E-state index in [9.17, 15) is 0 Å². The van der Waals surface area contributed by atoms with Gasteiger partial charge in [-0.1, -0.05) is 0 Å². The molecule has 0 saturated heterocycles. The van der Waals surface area contributed by atoms with E-state index in [-0.39, 0.29) is 0 Å². The van der Waals surface area contributed by atoms with E-state index in [1.807, 2.05) is 18.5 Å². The molecule has 0 aliphatic rings. The van der Waals surface area contributed by atoms with E-state index in [2.05, 4.69) is 12.3 Å². The summed E-state index contributed by atoms with van der Waals surface area (Å²) >= 11 is 1.80. The minimum absolute atomic E-state index is 0.584. The summed E-state index contributed by atoms with van der Waals surface area (Å²) < 4.78 is 1.92. The molecule has 0 unspecified atom stereocenters. The Balaban J connectivity index is 3.12. The molecule has 0 radical (unpaired) electrons. The molecule has 0 saturated carbocycles. The quantitative estimate of drug-likeness (QED) is 0.824. The second-order valence-electron chi connectivity index (χ2n) is 3.25. The molecule has 1 rings (SSSR count). The van der Waals surface area contributed by atoms with Crippen molar-refractivity contribution in [1.29, 1.82) is 5.26 Å². The predicted molar refractivity (Wildman–Crippen MR) is 61.4 cm³/mol. The van der Waals surface area contributed by atoms with E-state index in [0.29, 0.717) is 11.4 Å². The van der Waals surface area contributed by atoms with Crippen molar-refractivity contribution in [3.63, 3.8) is 0 Å². The van der Waals surface area contributed by atoms with Crippen molar-refractivity contribution >= 4 is 17.6 Å². The molecule has 0 fully saturated rings. The number of nitrogen functional groups attached to an aromatic ring is 1. The molecular formula is C10H15N3S. The fourth-order valence-corrected chi connectivity index (χ4v) is 1.99.